The molecule has 0 radical (unpaired) electrons. The molecule has 0 aliphatic carbocycles. The fourth-order valence-electron chi connectivity index (χ4n) is 4.00. The predicted molar refractivity (Wildman–Crippen MR) is 133 cm³/mol. The van der Waals surface area contributed by atoms with Crippen LogP contribution in [0.4, 0.5) is 0 Å². The molecule has 0 aliphatic heterocycles. The van der Waals surface area contributed by atoms with Crippen LogP contribution in [0.25, 0.3) is 5.70 Å². The fourth-order valence-corrected chi connectivity index (χ4v) is 4.19. The minimum Gasteiger partial charge on any atom is -0.370 e. The highest BCUT2D eigenvalue weighted by atomic mass is 35.5. The van der Waals surface area contributed by atoms with Gasteiger partial charge in [-0.1, -0.05) is 62.4 Å². The quantitative estimate of drug-likeness (QED) is 0.297. The smallest absolute Gasteiger partial charge is 0.0941 e. The second-order valence-electron chi connectivity index (χ2n) is 7.94. The highest BCUT2D eigenvalue weighted by molar-refractivity contribution is 6.30. The van der Waals surface area contributed by atoms with Crippen LogP contribution in [0.1, 0.15) is 62.8 Å². The summed E-state index contributed by atoms with van der Waals surface area (Å²) >= 11 is 6.37. The van der Waals surface area contributed by atoms with Crippen LogP contribution in [-0.2, 0) is 0 Å². The van der Waals surface area contributed by atoms with Crippen LogP contribution in [0.5, 0.6) is 0 Å². The molecule has 2 nitrogen and oxygen atoms in total. The summed E-state index contributed by atoms with van der Waals surface area (Å²) in [6, 6.07) is 14.4. The first-order chi connectivity index (χ1) is 14.3. The van der Waals surface area contributed by atoms with E-state index in [1.807, 2.05) is 18.2 Å². The average molecular weight is 423 g/mol. The van der Waals surface area contributed by atoms with Crippen molar-refractivity contribution in [2.75, 3.05) is 13.1 Å². The first kappa shape index (κ1) is 24.0. The summed E-state index contributed by atoms with van der Waals surface area (Å²) in [6.07, 6.45) is 2.14. The van der Waals surface area contributed by atoms with Crippen LogP contribution in [0.2, 0.25) is 5.02 Å². The molecule has 0 aliphatic rings. The van der Waals surface area contributed by atoms with Gasteiger partial charge in [-0.25, -0.2) is 0 Å². The number of halogens is 1. The number of benzene rings is 2. The minimum absolute atomic E-state index is 0.712. The first-order valence-electron chi connectivity index (χ1n) is 10.8. The molecule has 2 aromatic rings. The maximum atomic E-state index is 6.37. The lowest BCUT2D eigenvalue weighted by Crippen LogP contribution is -2.26. The molecular formula is C27H35ClN2. The lowest BCUT2D eigenvalue weighted by Gasteiger charge is -2.29. The third-order valence-electron chi connectivity index (χ3n) is 5.15. The van der Waals surface area contributed by atoms with E-state index in [-0.39, 0.29) is 0 Å². The molecule has 3 heteroatoms. The molecule has 0 bridgehead atoms. The number of nitrogens with zero attached hydrogens (tertiary/aromatic N) is 2. The van der Waals surface area contributed by atoms with E-state index in [1.54, 1.807) is 0 Å². The lowest BCUT2D eigenvalue weighted by atomic mass is 9.98. The van der Waals surface area contributed by atoms with Crippen molar-refractivity contribution in [1.29, 1.82) is 0 Å². The van der Waals surface area contributed by atoms with Crippen LogP contribution in [-0.4, -0.2) is 23.7 Å². The molecule has 0 unspecified atom stereocenters. The molecule has 160 valence electrons. The molecule has 0 spiro atoms. The normalized spacial score (nSPS) is 12.6. The maximum absolute atomic E-state index is 6.37. The van der Waals surface area contributed by atoms with Gasteiger partial charge in [0.05, 0.1) is 11.4 Å². The average Bonchev–Trinajstić information content (AvgIpc) is 2.67. The summed E-state index contributed by atoms with van der Waals surface area (Å²) in [4.78, 5) is 7.64. The van der Waals surface area contributed by atoms with Crippen molar-refractivity contribution in [1.82, 2.24) is 4.90 Å². The molecule has 0 fully saturated rings. The number of allylic oxidation sites excluding steroid dienone is 1. The largest absolute Gasteiger partial charge is 0.370 e. The Morgan fingerprint density at radius 1 is 0.967 bits per heavy atom. The second kappa shape index (κ2) is 11.2. The Balaban J connectivity index is 2.82. The molecule has 0 atom stereocenters. The van der Waals surface area contributed by atoms with Gasteiger partial charge in [0.2, 0.25) is 0 Å². The van der Waals surface area contributed by atoms with Crippen LogP contribution in [0, 0.1) is 13.8 Å². The van der Waals surface area contributed by atoms with E-state index in [1.165, 1.54) is 16.7 Å². The molecule has 2 rings (SSSR count). The van der Waals surface area contributed by atoms with Crippen LogP contribution < -0.4 is 0 Å². The van der Waals surface area contributed by atoms with Crippen molar-refractivity contribution in [3.63, 3.8) is 0 Å². The van der Waals surface area contributed by atoms with E-state index in [4.69, 9.17) is 16.6 Å². The molecule has 0 N–H and O–H groups in total. The molecule has 0 saturated heterocycles. The van der Waals surface area contributed by atoms with Crippen LogP contribution in [0.15, 0.2) is 65.3 Å². The van der Waals surface area contributed by atoms with Crippen molar-refractivity contribution >= 4 is 23.0 Å². The molecule has 0 saturated carbocycles. The molecule has 2 aromatic carbocycles. The Morgan fingerprint density at radius 3 is 2.03 bits per heavy atom. The van der Waals surface area contributed by atoms with Gasteiger partial charge in [-0.3, -0.25) is 4.99 Å². The van der Waals surface area contributed by atoms with Gasteiger partial charge < -0.3 is 4.90 Å². The van der Waals surface area contributed by atoms with Gasteiger partial charge in [-0.15, -0.1) is 0 Å². The first-order valence-corrected chi connectivity index (χ1v) is 11.2. The van der Waals surface area contributed by atoms with Gasteiger partial charge in [-0.05, 0) is 69.4 Å². The van der Waals surface area contributed by atoms with Crippen molar-refractivity contribution in [2.24, 2.45) is 4.99 Å². The van der Waals surface area contributed by atoms with Gasteiger partial charge in [0.25, 0.3) is 0 Å². The molecule has 30 heavy (non-hydrogen) atoms. The van der Waals surface area contributed by atoms with Gasteiger partial charge in [0.15, 0.2) is 0 Å². The van der Waals surface area contributed by atoms with E-state index in [0.29, 0.717) is 5.02 Å². The summed E-state index contributed by atoms with van der Waals surface area (Å²) in [5.41, 5.74) is 8.75. The predicted octanol–water partition coefficient (Wildman–Crippen LogP) is 7.83. The van der Waals surface area contributed by atoms with Crippen molar-refractivity contribution < 1.29 is 0 Å². The second-order valence-corrected chi connectivity index (χ2v) is 8.38. The number of hydrogen-bond donors (Lipinski definition) is 0. The van der Waals surface area contributed by atoms with E-state index in [9.17, 15) is 0 Å². The monoisotopic (exact) mass is 422 g/mol. The zero-order chi connectivity index (χ0) is 22.3. The summed E-state index contributed by atoms with van der Waals surface area (Å²) < 4.78 is 0. The summed E-state index contributed by atoms with van der Waals surface area (Å²) in [6.45, 7) is 19.1. The standard InChI is InChI=1S/C27H35ClN2/c1-8-16-30(17-9-2)27(19(3)4)26(23-14-11-15-24(28)18-23)29-22(7)25-20(5)12-10-13-21(25)6/h10-15,18H,3,8-9,16-17H2,1-2,4-7H3/b27-26+,29-22?. The van der Waals surface area contributed by atoms with E-state index in [2.05, 4.69) is 77.3 Å². The summed E-state index contributed by atoms with van der Waals surface area (Å²) in [5, 5.41) is 0.712. The minimum atomic E-state index is 0.712. The Labute approximate surface area is 188 Å². The van der Waals surface area contributed by atoms with Crippen LogP contribution >= 0.6 is 11.6 Å². The summed E-state index contributed by atoms with van der Waals surface area (Å²) in [5.74, 6) is 0. The number of aliphatic imine (C=N–C) groups is 1. The number of aryl methyl sites for hydroxylation is 2. The molecule has 0 aromatic heterocycles. The highest BCUT2D eigenvalue weighted by Crippen LogP contribution is 2.30. The van der Waals surface area contributed by atoms with Crippen molar-refractivity contribution in [2.45, 2.75) is 54.4 Å². The molecule has 0 amide bonds. The number of hydrogen-bond acceptors (Lipinski definition) is 2. The Hall–Kier alpha value is -2.32. The van der Waals surface area contributed by atoms with Crippen molar-refractivity contribution in [3.8, 4) is 0 Å². The van der Waals surface area contributed by atoms with E-state index >= 15 is 0 Å². The van der Waals surface area contributed by atoms with Gasteiger partial charge in [0, 0.05) is 35.0 Å². The Morgan fingerprint density at radius 2 is 1.53 bits per heavy atom. The summed E-state index contributed by atoms with van der Waals surface area (Å²) in [7, 11) is 0. The Bertz CT molecular complexity index is 927. The third-order valence-corrected chi connectivity index (χ3v) is 5.39. The van der Waals surface area contributed by atoms with Gasteiger partial charge in [0.1, 0.15) is 0 Å². The van der Waals surface area contributed by atoms with E-state index < -0.39 is 0 Å². The fraction of sp³-hybridized carbons (Fsp3) is 0.370. The topological polar surface area (TPSA) is 15.6 Å². The van der Waals surface area contributed by atoms with Crippen molar-refractivity contribution in [3.05, 3.63) is 87.6 Å². The SMILES string of the molecule is C=C(C)/C(=C(\N=C(C)c1c(C)cccc1C)c1cccc(Cl)c1)N(CCC)CCC. The van der Waals surface area contributed by atoms with Gasteiger partial charge in [-0.2, -0.15) is 0 Å². The van der Waals surface area contributed by atoms with E-state index in [0.717, 1.165) is 54.2 Å². The van der Waals surface area contributed by atoms with Gasteiger partial charge >= 0.3 is 0 Å². The van der Waals surface area contributed by atoms with Crippen LogP contribution in [0.3, 0.4) is 0 Å². The zero-order valence-corrected chi connectivity index (χ0v) is 20.1. The maximum Gasteiger partial charge on any atom is 0.0941 e. The Kier molecular flexibility index (Phi) is 8.92. The lowest BCUT2D eigenvalue weighted by molar-refractivity contribution is 0.351. The number of rotatable bonds is 9. The zero-order valence-electron chi connectivity index (χ0n) is 19.3. The highest BCUT2D eigenvalue weighted by Gasteiger charge is 2.18. The molecular weight excluding hydrogens is 388 g/mol. The third kappa shape index (κ3) is 5.86. The molecule has 0 heterocycles.